The molecule has 0 aromatic heterocycles. The quantitative estimate of drug-likeness (QED) is 0.629. The lowest BCUT2D eigenvalue weighted by Crippen LogP contribution is -2.40. The highest BCUT2D eigenvalue weighted by Gasteiger charge is 2.20. The van der Waals surface area contributed by atoms with Crippen LogP contribution >= 0.6 is 0 Å². The zero-order chi connectivity index (χ0) is 23.0. The molecule has 0 aliphatic heterocycles. The number of hydrogen-bond donors (Lipinski definition) is 0. The molecule has 168 valence electrons. The Morgan fingerprint density at radius 2 is 1.52 bits per heavy atom. The van der Waals surface area contributed by atoms with Gasteiger partial charge in [-0.3, -0.25) is 0 Å². The predicted molar refractivity (Wildman–Crippen MR) is 119 cm³/mol. The third kappa shape index (κ3) is 8.20. The van der Waals surface area contributed by atoms with Crippen molar-refractivity contribution in [2.75, 3.05) is 27.2 Å². The van der Waals surface area contributed by atoms with E-state index in [2.05, 4.69) is 0 Å². The summed E-state index contributed by atoms with van der Waals surface area (Å²) in [4.78, 5) is 27.3. The second kappa shape index (κ2) is 10.7. The van der Waals surface area contributed by atoms with Crippen LogP contribution < -0.4 is 9.47 Å². The minimum Gasteiger partial charge on any atom is -0.488 e. The van der Waals surface area contributed by atoms with Crippen LogP contribution in [0.3, 0.4) is 0 Å². The fourth-order valence-electron chi connectivity index (χ4n) is 2.54. The minimum atomic E-state index is -0.568. The number of hydrogen-bond acceptors (Lipinski definition) is 5. The monoisotopic (exact) mass is 428 g/mol. The van der Waals surface area contributed by atoms with Crippen LogP contribution in [0.5, 0.6) is 11.5 Å². The van der Waals surface area contributed by atoms with E-state index >= 15 is 0 Å². The first-order valence-corrected chi connectivity index (χ1v) is 10.2. The number of amides is 2. The van der Waals surface area contributed by atoms with Crippen LogP contribution in [0, 0.1) is 6.92 Å². The summed E-state index contributed by atoms with van der Waals surface area (Å²) < 4.78 is 16.7. The van der Waals surface area contributed by atoms with E-state index in [1.165, 1.54) is 9.80 Å². The van der Waals surface area contributed by atoms with Gasteiger partial charge in [-0.2, -0.15) is 0 Å². The molecule has 0 aliphatic carbocycles. The van der Waals surface area contributed by atoms with Crippen molar-refractivity contribution in [3.8, 4) is 11.5 Å². The molecule has 0 aliphatic rings. The highest BCUT2D eigenvalue weighted by Crippen LogP contribution is 2.25. The summed E-state index contributed by atoms with van der Waals surface area (Å²) in [6.07, 6.45) is -0.955. The van der Waals surface area contributed by atoms with E-state index in [-0.39, 0.29) is 0 Å². The molecule has 2 amide bonds. The Balaban J connectivity index is 1.88. The van der Waals surface area contributed by atoms with E-state index in [1.807, 2.05) is 64.1 Å². The van der Waals surface area contributed by atoms with Crippen molar-refractivity contribution in [2.24, 2.45) is 0 Å². The number of likely N-dealkylation sites (N-methyl/N-ethyl adjacent to an activating group) is 2. The van der Waals surface area contributed by atoms with Gasteiger partial charge in [-0.15, -0.1) is 0 Å². The molecule has 0 fully saturated rings. The molecule has 0 spiro atoms. The van der Waals surface area contributed by atoms with E-state index in [1.54, 1.807) is 26.2 Å². The first kappa shape index (κ1) is 24.1. The second-order valence-electron chi connectivity index (χ2n) is 8.39. The van der Waals surface area contributed by atoms with E-state index in [0.717, 1.165) is 11.1 Å². The summed E-state index contributed by atoms with van der Waals surface area (Å²) in [7, 11) is 3.25. The predicted octanol–water partition coefficient (Wildman–Crippen LogP) is 4.87. The highest BCUT2D eigenvalue weighted by atomic mass is 16.6. The molecular formula is C24H32N2O5. The van der Waals surface area contributed by atoms with Crippen LogP contribution in [-0.2, 0) is 11.3 Å². The normalized spacial score (nSPS) is 10.9. The van der Waals surface area contributed by atoms with E-state index in [0.29, 0.717) is 31.2 Å². The Labute approximate surface area is 184 Å². The third-order valence-electron chi connectivity index (χ3n) is 4.39. The second-order valence-corrected chi connectivity index (χ2v) is 8.39. The van der Waals surface area contributed by atoms with Gasteiger partial charge in [0.25, 0.3) is 0 Å². The number of ether oxygens (including phenoxy) is 3. The van der Waals surface area contributed by atoms with Gasteiger partial charge in [0.2, 0.25) is 0 Å². The SMILES string of the molecule is Cc1ccc(OC(=O)N(C)CCN(C)C(=O)OC(C)(C)C)cc1OCc1ccccc1. The Hall–Kier alpha value is -3.22. The van der Waals surface area contributed by atoms with Crippen molar-refractivity contribution in [1.29, 1.82) is 0 Å². The van der Waals surface area contributed by atoms with Crippen molar-refractivity contribution in [3.05, 3.63) is 59.7 Å². The summed E-state index contributed by atoms with van der Waals surface area (Å²) in [6.45, 7) is 8.41. The van der Waals surface area contributed by atoms with Crippen molar-refractivity contribution in [2.45, 2.75) is 39.9 Å². The lowest BCUT2D eigenvalue weighted by molar-refractivity contribution is 0.0287. The molecule has 7 heteroatoms. The maximum atomic E-state index is 12.4. The topological polar surface area (TPSA) is 68.3 Å². The van der Waals surface area contributed by atoms with E-state index in [4.69, 9.17) is 14.2 Å². The molecule has 0 heterocycles. The Morgan fingerprint density at radius 1 is 0.903 bits per heavy atom. The van der Waals surface area contributed by atoms with Crippen LogP contribution in [0.2, 0.25) is 0 Å². The largest absolute Gasteiger partial charge is 0.488 e. The molecular weight excluding hydrogens is 396 g/mol. The summed E-state index contributed by atoms with van der Waals surface area (Å²) in [5.41, 5.74) is 1.43. The van der Waals surface area contributed by atoms with Crippen LogP contribution in [0.15, 0.2) is 48.5 Å². The maximum Gasteiger partial charge on any atom is 0.415 e. The Morgan fingerprint density at radius 3 is 2.13 bits per heavy atom. The number of benzene rings is 2. The maximum absolute atomic E-state index is 12.4. The molecule has 7 nitrogen and oxygen atoms in total. The van der Waals surface area contributed by atoms with E-state index < -0.39 is 17.8 Å². The summed E-state index contributed by atoms with van der Waals surface area (Å²) in [6, 6.07) is 15.1. The third-order valence-corrected chi connectivity index (χ3v) is 4.39. The fraction of sp³-hybridized carbons (Fsp3) is 0.417. The van der Waals surface area contributed by atoms with Crippen molar-refractivity contribution >= 4 is 12.2 Å². The van der Waals surface area contributed by atoms with Crippen LogP contribution in [0.4, 0.5) is 9.59 Å². The van der Waals surface area contributed by atoms with Crippen molar-refractivity contribution in [3.63, 3.8) is 0 Å². The zero-order valence-electron chi connectivity index (χ0n) is 19.2. The van der Waals surface area contributed by atoms with Gasteiger partial charge in [-0.1, -0.05) is 36.4 Å². The number of aryl methyl sites for hydroxylation is 1. The molecule has 2 aromatic rings. The molecule has 0 N–H and O–H groups in total. The smallest absolute Gasteiger partial charge is 0.415 e. The van der Waals surface area contributed by atoms with Crippen LogP contribution in [-0.4, -0.2) is 54.8 Å². The molecule has 31 heavy (non-hydrogen) atoms. The van der Waals surface area contributed by atoms with Gasteiger partial charge < -0.3 is 24.0 Å². The average Bonchev–Trinajstić information content (AvgIpc) is 2.71. The molecule has 2 rings (SSSR count). The summed E-state index contributed by atoms with van der Waals surface area (Å²) in [5.74, 6) is 1.05. The van der Waals surface area contributed by atoms with Gasteiger partial charge >= 0.3 is 12.2 Å². The average molecular weight is 429 g/mol. The molecule has 0 saturated carbocycles. The Bertz CT molecular complexity index is 877. The first-order valence-electron chi connectivity index (χ1n) is 10.2. The number of rotatable bonds is 7. The van der Waals surface area contributed by atoms with Gasteiger partial charge in [0.1, 0.15) is 23.7 Å². The van der Waals surface area contributed by atoms with Crippen LogP contribution in [0.25, 0.3) is 0 Å². The molecule has 2 aromatic carbocycles. The molecule has 0 bridgehead atoms. The lowest BCUT2D eigenvalue weighted by Gasteiger charge is -2.26. The standard InChI is InChI=1S/C24H32N2O5/c1-18-12-13-20(16-21(18)29-17-19-10-8-7-9-11-19)30-22(27)25(5)14-15-26(6)23(28)31-24(2,3)4/h7-13,16H,14-15,17H2,1-6H3. The van der Waals surface area contributed by atoms with Gasteiger partial charge in [0.05, 0.1) is 0 Å². The van der Waals surface area contributed by atoms with Gasteiger partial charge in [0.15, 0.2) is 0 Å². The highest BCUT2D eigenvalue weighted by molar-refractivity contribution is 5.71. The van der Waals surface area contributed by atoms with Crippen LogP contribution in [0.1, 0.15) is 31.9 Å². The van der Waals surface area contributed by atoms with Crippen molar-refractivity contribution < 1.29 is 23.8 Å². The summed E-state index contributed by atoms with van der Waals surface area (Å²) >= 11 is 0. The number of carbonyl (C=O) groups is 2. The first-order chi connectivity index (χ1) is 14.5. The number of nitrogens with zero attached hydrogens (tertiary/aromatic N) is 2. The fourth-order valence-corrected chi connectivity index (χ4v) is 2.54. The van der Waals surface area contributed by atoms with Gasteiger partial charge in [-0.05, 0) is 44.9 Å². The zero-order valence-corrected chi connectivity index (χ0v) is 19.2. The molecule has 0 atom stereocenters. The van der Waals surface area contributed by atoms with Gasteiger partial charge in [-0.25, -0.2) is 9.59 Å². The molecule has 0 radical (unpaired) electrons. The molecule has 0 unspecified atom stereocenters. The Kier molecular flexibility index (Phi) is 8.30. The lowest BCUT2D eigenvalue weighted by atomic mass is 10.2. The summed E-state index contributed by atoms with van der Waals surface area (Å²) in [5, 5.41) is 0. The van der Waals surface area contributed by atoms with Gasteiger partial charge in [0, 0.05) is 33.3 Å². The van der Waals surface area contributed by atoms with E-state index in [9.17, 15) is 9.59 Å². The number of carbonyl (C=O) groups excluding carboxylic acids is 2. The minimum absolute atomic E-state index is 0.303. The molecule has 0 saturated heterocycles. The van der Waals surface area contributed by atoms with Crippen molar-refractivity contribution in [1.82, 2.24) is 9.80 Å².